The fourth-order valence-electron chi connectivity index (χ4n) is 14.2. The largest absolute Gasteiger partial charge is 0.472 e. The third kappa shape index (κ3) is 83.8. The summed E-state index contributed by atoms with van der Waals surface area (Å²) in [5.74, 6) is -1.27. The van der Waals surface area contributed by atoms with Gasteiger partial charge < -0.3 is 33.8 Å². The van der Waals surface area contributed by atoms with Gasteiger partial charge in [-0.1, -0.05) is 439 Å². The smallest absolute Gasteiger partial charge is 0.462 e. The molecular weight excluding hydrogens is 1410 g/mol. The fourth-order valence-corrected chi connectivity index (χ4v) is 15.8. The van der Waals surface area contributed by atoms with Crippen LogP contribution in [0.1, 0.15) is 490 Å². The molecule has 0 radical (unpaired) electrons. The van der Waals surface area contributed by atoms with E-state index in [9.17, 15) is 43.2 Å². The summed E-state index contributed by atoms with van der Waals surface area (Å²) in [4.78, 5) is 73.4. The molecule has 109 heavy (non-hydrogen) atoms. The summed E-state index contributed by atoms with van der Waals surface area (Å²) in [5.41, 5.74) is 0. The van der Waals surface area contributed by atoms with Gasteiger partial charge in [0.25, 0.3) is 0 Å². The Morgan fingerprint density at radius 3 is 0.624 bits per heavy atom. The highest BCUT2D eigenvalue weighted by molar-refractivity contribution is 7.47. The molecule has 0 spiro atoms. The van der Waals surface area contributed by atoms with Gasteiger partial charge in [-0.25, -0.2) is 9.13 Å². The number of ether oxygens (including phenoxy) is 4. The maximum atomic E-state index is 13.2. The summed E-state index contributed by atoms with van der Waals surface area (Å²) in [7, 11) is -9.93. The first-order valence-corrected chi connectivity index (χ1v) is 49.6. The Morgan fingerprint density at radius 1 is 0.248 bits per heavy atom. The molecule has 0 aromatic heterocycles. The molecule has 648 valence electrons. The SMILES string of the molecule is CCCCCCCCCCCCCCCCCCCCCCCC(=O)OC[C@H](COP(=O)(O)OC[C@@H](O)COP(=O)(O)OC[C@@H](COC(=O)CCCCCCCCCCCCCCC)OC(=O)CCCCCCCCCCCCCCCC)OC(=O)CCCCCCCCCCCCCCCCCCCCC(C)C. The van der Waals surface area contributed by atoms with Crippen LogP contribution in [0.15, 0.2) is 0 Å². The van der Waals surface area contributed by atoms with Gasteiger partial charge in [0.2, 0.25) is 0 Å². The molecule has 0 rings (SSSR count). The Hall–Kier alpha value is -1.94. The Kier molecular flexibility index (Phi) is 81.1. The molecule has 0 amide bonds. The van der Waals surface area contributed by atoms with Crippen molar-refractivity contribution in [2.75, 3.05) is 39.6 Å². The van der Waals surface area contributed by atoms with Crippen LogP contribution >= 0.6 is 15.6 Å². The third-order valence-corrected chi connectivity index (χ3v) is 23.2. The molecule has 0 aromatic rings. The minimum atomic E-state index is -4.97. The van der Waals surface area contributed by atoms with E-state index < -0.39 is 97.5 Å². The van der Waals surface area contributed by atoms with Gasteiger partial charge in [-0.2, -0.15) is 0 Å². The van der Waals surface area contributed by atoms with Gasteiger partial charge in [-0.3, -0.25) is 37.3 Å². The fraction of sp³-hybridized carbons (Fsp3) is 0.956. The van der Waals surface area contributed by atoms with Crippen molar-refractivity contribution in [2.24, 2.45) is 5.92 Å². The summed E-state index contributed by atoms with van der Waals surface area (Å²) in [6.45, 7) is 7.43. The van der Waals surface area contributed by atoms with E-state index in [0.717, 1.165) is 95.8 Å². The number of hydrogen-bond donors (Lipinski definition) is 3. The summed E-state index contributed by atoms with van der Waals surface area (Å²) >= 11 is 0. The predicted molar refractivity (Wildman–Crippen MR) is 451 cm³/mol. The number of aliphatic hydroxyl groups excluding tert-OH is 1. The first-order chi connectivity index (χ1) is 53.0. The van der Waals surface area contributed by atoms with Crippen molar-refractivity contribution in [3.63, 3.8) is 0 Å². The first kappa shape index (κ1) is 107. The number of rotatable bonds is 90. The summed E-state index contributed by atoms with van der Waals surface area (Å²) in [6.07, 6.45) is 77.8. The number of aliphatic hydroxyl groups is 1. The second kappa shape index (κ2) is 82.6. The molecule has 0 aromatic carbocycles. The van der Waals surface area contributed by atoms with Crippen LogP contribution in [-0.4, -0.2) is 96.7 Å². The van der Waals surface area contributed by atoms with E-state index in [1.54, 1.807) is 0 Å². The van der Waals surface area contributed by atoms with Crippen LogP contribution < -0.4 is 0 Å². The molecule has 3 N–H and O–H groups in total. The Labute approximate surface area is 670 Å². The van der Waals surface area contributed by atoms with Crippen molar-refractivity contribution in [1.82, 2.24) is 0 Å². The van der Waals surface area contributed by atoms with E-state index in [4.69, 9.17) is 37.0 Å². The highest BCUT2D eigenvalue weighted by atomic mass is 31.2. The van der Waals surface area contributed by atoms with Crippen molar-refractivity contribution in [2.45, 2.75) is 509 Å². The number of hydrogen-bond acceptors (Lipinski definition) is 15. The lowest BCUT2D eigenvalue weighted by atomic mass is 10.0. The third-order valence-electron chi connectivity index (χ3n) is 21.3. The zero-order chi connectivity index (χ0) is 79.7. The van der Waals surface area contributed by atoms with Crippen LogP contribution in [0.2, 0.25) is 0 Å². The molecule has 2 unspecified atom stereocenters. The summed E-state index contributed by atoms with van der Waals surface area (Å²) < 4.78 is 69.0. The molecule has 0 aliphatic rings. The molecule has 17 nitrogen and oxygen atoms in total. The first-order valence-electron chi connectivity index (χ1n) is 46.6. The minimum Gasteiger partial charge on any atom is -0.462 e. The van der Waals surface area contributed by atoms with Gasteiger partial charge in [0.15, 0.2) is 12.2 Å². The Balaban J connectivity index is 5.23. The van der Waals surface area contributed by atoms with Crippen molar-refractivity contribution in [3.8, 4) is 0 Å². The summed E-state index contributed by atoms with van der Waals surface area (Å²) in [6, 6.07) is 0. The van der Waals surface area contributed by atoms with E-state index >= 15 is 0 Å². The molecule has 19 heteroatoms. The second-order valence-electron chi connectivity index (χ2n) is 32.8. The average Bonchev–Trinajstić information content (AvgIpc) is 0.900. The van der Waals surface area contributed by atoms with Gasteiger partial charge in [0.1, 0.15) is 19.3 Å². The van der Waals surface area contributed by atoms with Crippen LogP contribution in [0.4, 0.5) is 0 Å². The van der Waals surface area contributed by atoms with E-state index in [1.807, 2.05) is 0 Å². The minimum absolute atomic E-state index is 0.109. The highest BCUT2D eigenvalue weighted by Crippen LogP contribution is 2.45. The van der Waals surface area contributed by atoms with Crippen molar-refractivity contribution in [1.29, 1.82) is 0 Å². The van der Waals surface area contributed by atoms with E-state index in [-0.39, 0.29) is 25.7 Å². The zero-order valence-corrected chi connectivity index (χ0v) is 73.5. The second-order valence-corrected chi connectivity index (χ2v) is 35.7. The lowest BCUT2D eigenvalue weighted by Gasteiger charge is -2.21. The topological polar surface area (TPSA) is 237 Å². The van der Waals surface area contributed by atoms with Gasteiger partial charge >= 0.3 is 39.5 Å². The molecule has 0 saturated heterocycles. The number of carbonyl (C=O) groups excluding carboxylic acids is 4. The highest BCUT2D eigenvalue weighted by Gasteiger charge is 2.31. The molecular formula is C90H176O17P2. The molecule has 0 saturated carbocycles. The average molecular weight is 1590 g/mol. The molecule has 0 bridgehead atoms. The van der Waals surface area contributed by atoms with E-state index in [1.165, 1.54) is 315 Å². The van der Waals surface area contributed by atoms with E-state index in [2.05, 4.69) is 34.6 Å². The lowest BCUT2D eigenvalue weighted by molar-refractivity contribution is -0.161. The van der Waals surface area contributed by atoms with Gasteiger partial charge in [0.05, 0.1) is 26.4 Å². The van der Waals surface area contributed by atoms with Crippen LogP contribution in [0.5, 0.6) is 0 Å². The number of phosphoric acid groups is 2. The van der Waals surface area contributed by atoms with Crippen molar-refractivity contribution in [3.05, 3.63) is 0 Å². The van der Waals surface area contributed by atoms with E-state index in [0.29, 0.717) is 25.7 Å². The quantitative estimate of drug-likeness (QED) is 0.0222. The zero-order valence-electron chi connectivity index (χ0n) is 71.7. The molecule has 0 fully saturated rings. The van der Waals surface area contributed by atoms with Crippen LogP contribution in [0.3, 0.4) is 0 Å². The Bertz CT molecular complexity index is 2070. The Morgan fingerprint density at radius 2 is 0.422 bits per heavy atom. The van der Waals surface area contributed by atoms with Crippen LogP contribution in [-0.2, 0) is 65.4 Å². The maximum absolute atomic E-state index is 13.2. The number of esters is 4. The lowest BCUT2D eigenvalue weighted by Crippen LogP contribution is -2.30. The molecule has 5 atom stereocenters. The number of unbranched alkanes of at least 4 members (excludes halogenated alkanes) is 62. The van der Waals surface area contributed by atoms with Gasteiger partial charge in [-0.05, 0) is 31.6 Å². The monoisotopic (exact) mass is 1590 g/mol. The normalized spacial score (nSPS) is 13.7. The van der Waals surface area contributed by atoms with Crippen molar-refractivity contribution >= 4 is 39.5 Å². The predicted octanol–water partition coefficient (Wildman–Crippen LogP) is 27.9. The molecule has 0 aliphatic heterocycles. The standard InChI is InChI=1S/C90H176O17P2/c1-6-9-12-15-18-21-24-27-29-30-31-32-33-37-40-45-49-54-59-64-69-74-88(93)101-80-86(107-90(95)76-71-66-61-56-51-46-41-38-35-34-36-39-43-47-52-57-62-67-72-83(4)5)82-105-109(98,99)103-78-84(91)77-102-108(96,97)104-81-85(79-100-87(92)73-68-63-58-53-48-42-26-23-20-17-14-11-8-3)106-89(94)75-70-65-60-55-50-44-28-25-22-19-16-13-10-7-2/h83-86,91H,6-82H2,1-5H3,(H,96,97)(H,98,99)/t84-,85+,86+/m0/s1. The van der Waals surface area contributed by atoms with Gasteiger partial charge in [-0.15, -0.1) is 0 Å². The molecule has 0 heterocycles. The number of carbonyl (C=O) groups is 4. The van der Waals surface area contributed by atoms with Crippen molar-refractivity contribution < 1.29 is 80.2 Å². The number of phosphoric ester groups is 2. The summed E-state index contributed by atoms with van der Waals surface area (Å²) in [5, 5.41) is 10.7. The van der Waals surface area contributed by atoms with Crippen LogP contribution in [0, 0.1) is 5.92 Å². The maximum Gasteiger partial charge on any atom is 0.472 e. The van der Waals surface area contributed by atoms with Gasteiger partial charge in [0, 0.05) is 25.7 Å². The van der Waals surface area contributed by atoms with Crippen LogP contribution in [0.25, 0.3) is 0 Å². The molecule has 0 aliphatic carbocycles.